The molecular formula is C17H23N5O2. The summed E-state index contributed by atoms with van der Waals surface area (Å²) in [5, 5.41) is 15.3. The highest BCUT2D eigenvalue weighted by atomic mass is 16.5. The molecule has 1 N–H and O–H groups in total. The lowest BCUT2D eigenvalue weighted by atomic mass is 9.76. The van der Waals surface area contributed by atoms with E-state index in [9.17, 15) is 4.79 Å². The highest BCUT2D eigenvalue weighted by molar-refractivity contribution is 5.68. The van der Waals surface area contributed by atoms with Crippen LogP contribution in [-0.4, -0.2) is 32.9 Å². The molecule has 0 bridgehead atoms. The fraction of sp³-hybridized carbons (Fsp3) is 0.529. The van der Waals surface area contributed by atoms with Gasteiger partial charge in [-0.05, 0) is 61.1 Å². The van der Waals surface area contributed by atoms with E-state index in [-0.39, 0.29) is 0 Å². The normalized spacial score (nSPS) is 23.7. The second-order valence-electron chi connectivity index (χ2n) is 6.36. The molecule has 1 saturated carbocycles. The number of para-hydroxylation sites is 1. The van der Waals surface area contributed by atoms with Gasteiger partial charge in [0.25, 0.3) is 0 Å². The molecule has 128 valence electrons. The van der Waals surface area contributed by atoms with Crippen LogP contribution < -0.4 is 5.32 Å². The van der Waals surface area contributed by atoms with Crippen LogP contribution in [0.4, 0.5) is 4.79 Å². The molecule has 1 fully saturated rings. The predicted octanol–water partition coefficient (Wildman–Crippen LogP) is 2.81. The number of nitrogens with zero attached hydrogens (tertiary/aromatic N) is 4. The minimum atomic E-state index is -0.599. The Morgan fingerprint density at radius 2 is 2.04 bits per heavy atom. The number of rotatable bonds is 4. The first-order valence-corrected chi connectivity index (χ1v) is 8.44. The van der Waals surface area contributed by atoms with E-state index in [1.807, 2.05) is 30.3 Å². The molecule has 0 spiro atoms. The third-order valence-electron chi connectivity index (χ3n) is 4.64. The van der Waals surface area contributed by atoms with Crippen molar-refractivity contribution < 1.29 is 9.53 Å². The van der Waals surface area contributed by atoms with E-state index in [2.05, 4.69) is 27.8 Å². The van der Waals surface area contributed by atoms with Crippen LogP contribution >= 0.6 is 0 Å². The van der Waals surface area contributed by atoms with Crippen LogP contribution in [0.25, 0.3) is 5.69 Å². The molecular weight excluding hydrogens is 306 g/mol. The average Bonchev–Trinajstić information content (AvgIpc) is 3.09. The van der Waals surface area contributed by atoms with E-state index in [0.717, 1.165) is 31.4 Å². The summed E-state index contributed by atoms with van der Waals surface area (Å²) in [5.74, 6) is 1.29. The summed E-state index contributed by atoms with van der Waals surface area (Å²) < 4.78 is 6.82. The third kappa shape index (κ3) is 3.25. The number of alkyl carbamates (subject to hydrolysis) is 1. The molecule has 0 aliphatic heterocycles. The van der Waals surface area contributed by atoms with Crippen LogP contribution in [0.5, 0.6) is 0 Å². The molecule has 3 rings (SSSR count). The second-order valence-corrected chi connectivity index (χ2v) is 6.36. The smallest absolute Gasteiger partial charge is 0.407 e. The van der Waals surface area contributed by atoms with E-state index in [0.29, 0.717) is 18.3 Å². The maximum absolute atomic E-state index is 12.1. The van der Waals surface area contributed by atoms with Gasteiger partial charge in [-0.2, -0.15) is 4.68 Å². The SMILES string of the molecule is CCOC(=O)NC1(c2nnnn2-c2ccccc2)CCC(C)CC1. The van der Waals surface area contributed by atoms with E-state index in [4.69, 9.17) is 4.74 Å². The molecule has 1 amide bonds. The van der Waals surface area contributed by atoms with Gasteiger partial charge in [0, 0.05) is 0 Å². The van der Waals surface area contributed by atoms with Crippen LogP contribution in [-0.2, 0) is 10.3 Å². The number of hydrogen-bond donors (Lipinski definition) is 1. The zero-order chi connectivity index (χ0) is 17.0. The monoisotopic (exact) mass is 329 g/mol. The van der Waals surface area contributed by atoms with Crippen molar-refractivity contribution in [2.45, 2.75) is 45.1 Å². The first-order chi connectivity index (χ1) is 11.6. The van der Waals surface area contributed by atoms with Crippen molar-refractivity contribution >= 4 is 6.09 Å². The maximum atomic E-state index is 12.1. The van der Waals surface area contributed by atoms with Crippen molar-refractivity contribution in [1.82, 2.24) is 25.5 Å². The Kier molecular flexibility index (Phi) is 4.78. The number of amides is 1. The van der Waals surface area contributed by atoms with Gasteiger partial charge < -0.3 is 10.1 Å². The van der Waals surface area contributed by atoms with Crippen molar-refractivity contribution in [3.05, 3.63) is 36.2 Å². The Balaban J connectivity index is 1.98. The maximum Gasteiger partial charge on any atom is 0.407 e. The van der Waals surface area contributed by atoms with Gasteiger partial charge >= 0.3 is 6.09 Å². The fourth-order valence-electron chi connectivity index (χ4n) is 3.25. The van der Waals surface area contributed by atoms with Crippen LogP contribution in [0.1, 0.15) is 45.4 Å². The molecule has 0 unspecified atom stereocenters. The number of hydrogen-bond acceptors (Lipinski definition) is 5. The highest BCUT2D eigenvalue weighted by Gasteiger charge is 2.42. The van der Waals surface area contributed by atoms with Crippen LogP contribution in [0, 0.1) is 5.92 Å². The lowest BCUT2D eigenvalue weighted by Gasteiger charge is -2.38. The molecule has 2 aromatic rings. The summed E-state index contributed by atoms with van der Waals surface area (Å²) in [4.78, 5) is 12.1. The van der Waals surface area contributed by atoms with Gasteiger partial charge in [-0.3, -0.25) is 0 Å². The Labute approximate surface area is 141 Å². The number of carbonyl (C=O) groups is 1. The summed E-state index contributed by atoms with van der Waals surface area (Å²) in [6, 6.07) is 9.72. The van der Waals surface area contributed by atoms with Gasteiger partial charge in [0.1, 0.15) is 5.54 Å². The minimum Gasteiger partial charge on any atom is -0.450 e. The van der Waals surface area contributed by atoms with Gasteiger partial charge in [-0.15, -0.1) is 5.10 Å². The standard InChI is InChI=1S/C17H23N5O2/c1-3-24-16(23)18-17(11-9-13(2)10-12-17)15-19-20-21-22(15)14-7-5-4-6-8-14/h4-8,13H,3,9-12H2,1-2H3,(H,18,23). The van der Waals surface area contributed by atoms with Gasteiger partial charge in [0.15, 0.2) is 5.82 Å². The van der Waals surface area contributed by atoms with Gasteiger partial charge in [-0.25, -0.2) is 4.79 Å². The van der Waals surface area contributed by atoms with Crippen LogP contribution in [0.3, 0.4) is 0 Å². The number of tetrazole rings is 1. The lowest BCUT2D eigenvalue weighted by Crippen LogP contribution is -2.50. The zero-order valence-electron chi connectivity index (χ0n) is 14.1. The van der Waals surface area contributed by atoms with Crippen molar-refractivity contribution in [3.8, 4) is 5.69 Å². The average molecular weight is 329 g/mol. The van der Waals surface area contributed by atoms with Crippen molar-refractivity contribution in [2.24, 2.45) is 5.92 Å². The topological polar surface area (TPSA) is 81.9 Å². The zero-order valence-corrected chi connectivity index (χ0v) is 14.1. The largest absolute Gasteiger partial charge is 0.450 e. The molecule has 24 heavy (non-hydrogen) atoms. The number of aromatic nitrogens is 4. The number of carbonyl (C=O) groups excluding carboxylic acids is 1. The van der Waals surface area contributed by atoms with Crippen LogP contribution in [0.15, 0.2) is 30.3 Å². The summed E-state index contributed by atoms with van der Waals surface area (Å²) in [5.41, 5.74) is 0.277. The summed E-state index contributed by atoms with van der Waals surface area (Å²) in [6.07, 6.45) is 3.18. The molecule has 0 atom stereocenters. The fourth-order valence-corrected chi connectivity index (χ4v) is 3.25. The third-order valence-corrected chi connectivity index (χ3v) is 4.64. The number of ether oxygens (including phenoxy) is 1. The second kappa shape index (κ2) is 6.98. The quantitative estimate of drug-likeness (QED) is 0.932. The Morgan fingerprint density at radius 1 is 1.33 bits per heavy atom. The number of benzene rings is 1. The van der Waals surface area contributed by atoms with Gasteiger partial charge in [0.05, 0.1) is 12.3 Å². The summed E-state index contributed by atoms with van der Waals surface area (Å²) in [6.45, 7) is 4.36. The summed E-state index contributed by atoms with van der Waals surface area (Å²) in [7, 11) is 0. The molecule has 1 heterocycles. The first-order valence-electron chi connectivity index (χ1n) is 8.44. The van der Waals surface area contributed by atoms with E-state index in [1.165, 1.54) is 0 Å². The lowest BCUT2D eigenvalue weighted by molar-refractivity contribution is 0.117. The first kappa shape index (κ1) is 16.4. The van der Waals surface area contributed by atoms with E-state index >= 15 is 0 Å². The van der Waals surface area contributed by atoms with E-state index in [1.54, 1.807) is 11.6 Å². The Morgan fingerprint density at radius 3 is 2.71 bits per heavy atom. The number of nitrogens with one attached hydrogen (secondary N) is 1. The Hall–Kier alpha value is -2.44. The van der Waals surface area contributed by atoms with E-state index < -0.39 is 11.6 Å². The van der Waals surface area contributed by atoms with Gasteiger partial charge in [-0.1, -0.05) is 25.1 Å². The van der Waals surface area contributed by atoms with Crippen molar-refractivity contribution in [3.63, 3.8) is 0 Å². The molecule has 1 aromatic carbocycles. The molecule has 7 nitrogen and oxygen atoms in total. The Bertz CT molecular complexity index is 677. The molecule has 0 saturated heterocycles. The van der Waals surface area contributed by atoms with Crippen LogP contribution in [0.2, 0.25) is 0 Å². The molecule has 1 aromatic heterocycles. The van der Waals surface area contributed by atoms with Crippen molar-refractivity contribution in [1.29, 1.82) is 0 Å². The van der Waals surface area contributed by atoms with Crippen molar-refractivity contribution in [2.75, 3.05) is 6.61 Å². The summed E-state index contributed by atoms with van der Waals surface area (Å²) >= 11 is 0. The predicted molar refractivity (Wildman–Crippen MR) is 88.6 cm³/mol. The highest BCUT2D eigenvalue weighted by Crippen LogP contribution is 2.39. The molecule has 7 heteroatoms. The minimum absolute atomic E-state index is 0.335. The molecule has 1 aliphatic carbocycles. The molecule has 0 radical (unpaired) electrons. The van der Waals surface area contributed by atoms with Gasteiger partial charge in [0.2, 0.25) is 0 Å². The molecule has 1 aliphatic rings.